The number of hydrogen-bond donors (Lipinski definition) is 1. The molecule has 27 heavy (non-hydrogen) atoms. The summed E-state index contributed by atoms with van der Waals surface area (Å²) in [6.07, 6.45) is 1.23. The third kappa shape index (κ3) is 5.91. The molecule has 1 atom stereocenters. The van der Waals surface area contributed by atoms with E-state index in [0.717, 1.165) is 18.1 Å². The van der Waals surface area contributed by atoms with Gasteiger partial charge in [0, 0.05) is 12.1 Å². The van der Waals surface area contributed by atoms with Crippen LogP contribution in [0.4, 0.5) is 5.69 Å². The van der Waals surface area contributed by atoms with E-state index in [1.54, 1.807) is 0 Å². The van der Waals surface area contributed by atoms with Crippen LogP contribution in [0.25, 0.3) is 0 Å². The lowest BCUT2D eigenvalue weighted by atomic mass is 9.97. The Morgan fingerprint density at radius 2 is 1.93 bits per heavy atom. The Balaban J connectivity index is 2.04. The van der Waals surface area contributed by atoms with Crippen LogP contribution in [0.3, 0.4) is 0 Å². The van der Waals surface area contributed by atoms with E-state index in [2.05, 4.69) is 19.2 Å². The molecule has 7 nitrogen and oxygen atoms in total. The van der Waals surface area contributed by atoms with E-state index < -0.39 is 4.92 Å². The number of ether oxygens (including phenoxy) is 1. The minimum absolute atomic E-state index is 0.0267. The van der Waals surface area contributed by atoms with Crippen LogP contribution in [-0.4, -0.2) is 23.7 Å². The molecule has 2 aromatic carbocycles. The zero-order valence-corrected chi connectivity index (χ0v) is 15.3. The Kier molecular flexibility index (Phi) is 7.05. The number of hydrogen-bond acceptors (Lipinski definition) is 5. The van der Waals surface area contributed by atoms with Gasteiger partial charge in [0.2, 0.25) is 0 Å². The number of nitro groups is 1. The second-order valence-electron chi connectivity index (χ2n) is 6.55. The van der Waals surface area contributed by atoms with Gasteiger partial charge < -0.3 is 10.1 Å². The highest BCUT2D eigenvalue weighted by atomic mass is 16.6. The molecule has 0 aliphatic heterocycles. The maximum Gasteiger partial charge on any atom is 0.270 e. The van der Waals surface area contributed by atoms with Crippen molar-refractivity contribution in [3.63, 3.8) is 0 Å². The number of carbonyl (C=O) groups excluding carboxylic acids is 2. The standard InChI is InChI=1S/C20H22N2O5/c1-14(2)10-18(15-6-4-3-5-7-15)21-20(24)13-27-19-9-8-17(22(25)26)11-16(19)12-23/h3-9,11-12,14,18H,10,13H2,1-2H3,(H,21,24)/t18-/m0/s1. The average Bonchev–Trinajstić information content (AvgIpc) is 2.66. The van der Waals surface area contributed by atoms with Gasteiger partial charge in [-0.3, -0.25) is 19.7 Å². The molecule has 0 bridgehead atoms. The van der Waals surface area contributed by atoms with E-state index in [1.807, 2.05) is 30.3 Å². The van der Waals surface area contributed by atoms with Gasteiger partial charge >= 0.3 is 0 Å². The van der Waals surface area contributed by atoms with Gasteiger partial charge in [-0.2, -0.15) is 0 Å². The summed E-state index contributed by atoms with van der Waals surface area (Å²) in [5, 5.41) is 13.7. The third-order valence-corrected chi connectivity index (χ3v) is 3.93. The monoisotopic (exact) mass is 370 g/mol. The van der Waals surface area contributed by atoms with E-state index in [4.69, 9.17) is 4.74 Å². The summed E-state index contributed by atoms with van der Waals surface area (Å²) in [5.41, 5.74) is 0.817. The Labute approximate surface area is 157 Å². The van der Waals surface area contributed by atoms with Gasteiger partial charge in [-0.05, 0) is 24.0 Å². The number of non-ortho nitro benzene ring substituents is 1. The Morgan fingerprint density at radius 3 is 2.52 bits per heavy atom. The quantitative estimate of drug-likeness (QED) is 0.412. The van der Waals surface area contributed by atoms with Crippen molar-refractivity contribution in [1.82, 2.24) is 5.32 Å². The molecule has 142 valence electrons. The fourth-order valence-corrected chi connectivity index (χ4v) is 2.69. The molecule has 0 saturated carbocycles. The van der Waals surface area contributed by atoms with E-state index in [9.17, 15) is 19.7 Å². The largest absolute Gasteiger partial charge is 0.483 e. The number of amides is 1. The summed E-state index contributed by atoms with van der Waals surface area (Å²) < 4.78 is 5.40. The van der Waals surface area contributed by atoms with Crippen LogP contribution in [0, 0.1) is 16.0 Å². The maximum atomic E-state index is 12.3. The minimum atomic E-state index is -0.597. The zero-order valence-electron chi connectivity index (χ0n) is 15.3. The molecular formula is C20H22N2O5. The van der Waals surface area contributed by atoms with Crippen LogP contribution < -0.4 is 10.1 Å². The SMILES string of the molecule is CC(C)C[C@H](NC(=O)COc1ccc([N+](=O)[O-])cc1C=O)c1ccccc1. The molecule has 0 saturated heterocycles. The third-order valence-electron chi connectivity index (χ3n) is 3.93. The van der Waals surface area contributed by atoms with Crippen molar-refractivity contribution in [1.29, 1.82) is 0 Å². The molecule has 0 aromatic heterocycles. The normalized spacial score (nSPS) is 11.7. The smallest absolute Gasteiger partial charge is 0.270 e. The van der Waals surface area contributed by atoms with E-state index in [0.29, 0.717) is 12.2 Å². The number of nitrogens with one attached hydrogen (secondary N) is 1. The van der Waals surface area contributed by atoms with Gasteiger partial charge in [-0.1, -0.05) is 44.2 Å². The highest BCUT2D eigenvalue weighted by molar-refractivity contribution is 5.82. The summed E-state index contributed by atoms with van der Waals surface area (Å²) in [5.74, 6) is 0.179. The van der Waals surface area contributed by atoms with Crippen LogP contribution in [0.15, 0.2) is 48.5 Å². The van der Waals surface area contributed by atoms with Crippen LogP contribution in [0.2, 0.25) is 0 Å². The van der Waals surface area contributed by atoms with Crippen LogP contribution in [0.5, 0.6) is 5.75 Å². The van der Waals surface area contributed by atoms with Gasteiger partial charge in [0.15, 0.2) is 12.9 Å². The minimum Gasteiger partial charge on any atom is -0.483 e. The fraction of sp³-hybridized carbons (Fsp3) is 0.300. The summed E-state index contributed by atoms with van der Waals surface area (Å²) in [4.78, 5) is 33.6. The number of rotatable bonds is 9. The van der Waals surface area contributed by atoms with Gasteiger partial charge in [0.1, 0.15) is 5.75 Å². The highest BCUT2D eigenvalue weighted by Gasteiger charge is 2.17. The predicted octanol–water partition coefficient (Wildman–Crippen LogP) is 3.69. The number of aldehydes is 1. The molecule has 2 rings (SSSR count). The second-order valence-corrected chi connectivity index (χ2v) is 6.55. The van der Waals surface area contributed by atoms with Gasteiger partial charge in [-0.25, -0.2) is 0 Å². The highest BCUT2D eigenvalue weighted by Crippen LogP contribution is 2.23. The summed E-state index contributed by atoms with van der Waals surface area (Å²) in [6, 6.07) is 13.2. The van der Waals surface area contributed by atoms with Crippen molar-refractivity contribution >= 4 is 17.9 Å². The molecule has 2 aromatic rings. The summed E-state index contributed by atoms with van der Waals surface area (Å²) in [7, 11) is 0. The molecule has 1 N–H and O–H groups in total. The molecule has 1 amide bonds. The maximum absolute atomic E-state index is 12.3. The lowest BCUT2D eigenvalue weighted by Gasteiger charge is -2.21. The van der Waals surface area contributed by atoms with E-state index in [-0.39, 0.29) is 35.6 Å². The van der Waals surface area contributed by atoms with Gasteiger partial charge in [-0.15, -0.1) is 0 Å². The Bertz CT molecular complexity index is 805. The topological polar surface area (TPSA) is 98.5 Å². The first kappa shape index (κ1) is 20.1. The molecule has 0 aliphatic carbocycles. The number of carbonyl (C=O) groups is 2. The molecule has 0 heterocycles. The predicted molar refractivity (Wildman–Crippen MR) is 101 cm³/mol. The molecule has 0 spiro atoms. The first-order chi connectivity index (χ1) is 12.9. The van der Waals surface area contributed by atoms with Crippen LogP contribution in [-0.2, 0) is 4.79 Å². The van der Waals surface area contributed by atoms with Gasteiger partial charge in [0.25, 0.3) is 11.6 Å². The van der Waals surface area contributed by atoms with Crippen molar-refractivity contribution in [2.75, 3.05) is 6.61 Å². The van der Waals surface area contributed by atoms with Gasteiger partial charge in [0.05, 0.1) is 16.5 Å². The number of benzene rings is 2. The number of nitro benzene ring substituents is 1. The molecule has 0 radical (unpaired) electrons. The number of nitrogens with zero attached hydrogens (tertiary/aromatic N) is 1. The van der Waals surface area contributed by atoms with Crippen molar-refractivity contribution < 1.29 is 19.2 Å². The summed E-state index contributed by atoms with van der Waals surface area (Å²) in [6.45, 7) is 3.86. The van der Waals surface area contributed by atoms with Crippen LogP contribution >= 0.6 is 0 Å². The van der Waals surface area contributed by atoms with Crippen molar-refractivity contribution in [3.05, 3.63) is 69.8 Å². The molecule has 0 unspecified atom stereocenters. The Hall–Kier alpha value is -3.22. The van der Waals surface area contributed by atoms with E-state index in [1.165, 1.54) is 12.1 Å². The van der Waals surface area contributed by atoms with Crippen LogP contribution in [0.1, 0.15) is 42.2 Å². The lowest BCUT2D eigenvalue weighted by Crippen LogP contribution is -2.33. The zero-order chi connectivity index (χ0) is 19.8. The Morgan fingerprint density at radius 1 is 1.22 bits per heavy atom. The first-order valence-corrected chi connectivity index (χ1v) is 8.61. The first-order valence-electron chi connectivity index (χ1n) is 8.61. The summed E-state index contributed by atoms with van der Waals surface area (Å²) >= 11 is 0. The molecule has 7 heteroatoms. The molecule has 0 aliphatic rings. The van der Waals surface area contributed by atoms with Crippen molar-refractivity contribution in [2.45, 2.75) is 26.3 Å². The molecule has 0 fully saturated rings. The van der Waals surface area contributed by atoms with E-state index >= 15 is 0 Å². The second kappa shape index (κ2) is 9.47. The van der Waals surface area contributed by atoms with Crippen molar-refractivity contribution in [3.8, 4) is 5.75 Å². The lowest BCUT2D eigenvalue weighted by molar-refractivity contribution is -0.384. The fourth-order valence-electron chi connectivity index (χ4n) is 2.69. The average molecular weight is 370 g/mol. The van der Waals surface area contributed by atoms with Crippen molar-refractivity contribution in [2.24, 2.45) is 5.92 Å². The molecular weight excluding hydrogens is 348 g/mol.